The normalized spacial score (nSPS) is 29.7. The number of phenolic OH excluding ortho intramolecular Hbond substituents is 1. The molecule has 0 aliphatic heterocycles. The lowest BCUT2D eigenvalue weighted by Crippen LogP contribution is -2.68. The van der Waals surface area contributed by atoms with Crippen LogP contribution in [-0.4, -0.2) is 55.9 Å². The highest BCUT2D eigenvalue weighted by atomic mass is 16.5. The number of primary amides is 1. The number of benzene rings is 1. The first-order valence-electron chi connectivity index (χ1n) is 10.8. The van der Waals surface area contributed by atoms with E-state index < -0.39 is 76.4 Å². The maximum Gasteiger partial charge on any atom is 0.294 e. The lowest BCUT2D eigenvalue weighted by atomic mass is 9.54. The van der Waals surface area contributed by atoms with Gasteiger partial charge in [-0.05, 0) is 36.5 Å². The molecule has 2 saturated carbocycles. The number of nitrogens with two attached hydrogens (primary N) is 1. The number of carbonyl (C=O) groups is 6. The molecule has 3 aliphatic carbocycles. The van der Waals surface area contributed by atoms with Crippen LogP contribution < -0.4 is 11.1 Å². The summed E-state index contributed by atoms with van der Waals surface area (Å²) in [6, 6.07) is 3.90. The molecule has 1 aromatic carbocycles. The number of anilines is 1. The van der Waals surface area contributed by atoms with E-state index in [0.29, 0.717) is 0 Å². The van der Waals surface area contributed by atoms with E-state index in [1.165, 1.54) is 24.4 Å². The van der Waals surface area contributed by atoms with Crippen molar-refractivity contribution in [3.8, 4) is 5.75 Å². The van der Waals surface area contributed by atoms with E-state index in [1.54, 1.807) is 0 Å². The Morgan fingerprint density at radius 3 is 2.51 bits per heavy atom. The first-order valence-corrected chi connectivity index (χ1v) is 10.8. The van der Waals surface area contributed by atoms with Gasteiger partial charge in [0, 0.05) is 24.1 Å². The van der Waals surface area contributed by atoms with Gasteiger partial charge in [0.05, 0.1) is 17.7 Å². The van der Waals surface area contributed by atoms with Gasteiger partial charge in [-0.3, -0.25) is 28.8 Å². The number of nitrogens with one attached hydrogen (secondary N) is 1. The van der Waals surface area contributed by atoms with Crippen LogP contribution in [0.4, 0.5) is 5.69 Å². The molecule has 1 aromatic heterocycles. The standard InChI is InChI=1S/C23H19N3O9/c24-21(32)17-13(28)7-9-5-8-6-10-11(26-22(33)14-3-4-25-35-14)1-2-12(27)16(10)18(29)15(8)19(30)23(9,34)20(17)31/h1-4,8-9,15,17,27,34H,5-7H2,(H2,24,32)(H,26,33)/t8-,9+,15?,17?,23+/m1/s1. The number of carbonyl (C=O) groups excluding carboxylic acids is 6. The second kappa shape index (κ2) is 7.67. The van der Waals surface area contributed by atoms with Crippen molar-refractivity contribution in [2.45, 2.75) is 24.9 Å². The largest absolute Gasteiger partial charge is 0.507 e. The number of Topliss-reactive ketones (excluding diaryl/α,β-unsaturated/α-hetero) is 4. The van der Waals surface area contributed by atoms with Gasteiger partial charge in [-0.1, -0.05) is 5.16 Å². The van der Waals surface area contributed by atoms with Crippen LogP contribution in [0.5, 0.6) is 5.75 Å². The van der Waals surface area contributed by atoms with Gasteiger partial charge >= 0.3 is 0 Å². The number of fused-ring (bicyclic) bond motifs is 3. The van der Waals surface area contributed by atoms with Crippen LogP contribution in [0.3, 0.4) is 0 Å². The van der Waals surface area contributed by atoms with E-state index in [-0.39, 0.29) is 35.4 Å². The third-order valence-electron chi connectivity index (χ3n) is 7.20. The molecule has 2 unspecified atom stereocenters. The number of hydrogen-bond acceptors (Lipinski definition) is 10. The second-order valence-corrected chi connectivity index (χ2v) is 9.06. The molecule has 0 spiro atoms. The van der Waals surface area contributed by atoms with Gasteiger partial charge in [0.2, 0.25) is 11.7 Å². The third kappa shape index (κ3) is 3.13. The molecule has 2 aromatic rings. The number of rotatable bonds is 3. The predicted molar refractivity (Wildman–Crippen MR) is 113 cm³/mol. The minimum absolute atomic E-state index is 0.0338. The monoisotopic (exact) mass is 481 g/mol. The van der Waals surface area contributed by atoms with Gasteiger partial charge in [0.25, 0.3) is 5.91 Å². The third-order valence-corrected chi connectivity index (χ3v) is 7.20. The summed E-state index contributed by atoms with van der Waals surface area (Å²) in [5.41, 5.74) is 2.69. The SMILES string of the molecule is NC(=O)C1C(=O)C[C@@H]2C[C@@H]3Cc4c(NC(=O)c5ccno5)ccc(O)c4C(=O)C3C(=O)[C@]2(O)C1=O. The Bertz CT molecular complexity index is 1330. The fourth-order valence-electron chi connectivity index (χ4n) is 5.60. The van der Waals surface area contributed by atoms with Gasteiger partial charge in [-0.2, -0.15) is 0 Å². The van der Waals surface area contributed by atoms with Gasteiger partial charge in [0.15, 0.2) is 34.7 Å². The zero-order valence-corrected chi connectivity index (χ0v) is 18.0. The zero-order chi connectivity index (χ0) is 25.2. The Hall–Kier alpha value is -4.19. The predicted octanol–water partition coefficient (Wildman–Crippen LogP) is -0.433. The maximum absolute atomic E-state index is 13.4. The highest BCUT2D eigenvalue weighted by molar-refractivity contribution is 6.31. The zero-order valence-electron chi connectivity index (χ0n) is 18.0. The van der Waals surface area contributed by atoms with E-state index in [2.05, 4.69) is 10.5 Å². The highest BCUT2D eigenvalue weighted by Crippen LogP contribution is 2.50. The molecule has 1 heterocycles. The molecule has 12 heteroatoms. The molecule has 3 aliphatic rings. The summed E-state index contributed by atoms with van der Waals surface area (Å²) in [5.74, 6) is -11.8. The quantitative estimate of drug-likeness (QED) is 0.328. The van der Waals surface area contributed by atoms with Crippen molar-refractivity contribution in [1.29, 1.82) is 0 Å². The van der Waals surface area contributed by atoms with E-state index in [4.69, 9.17) is 10.3 Å². The summed E-state index contributed by atoms with van der Waals surface area (Å²) < 4.78 is 4.82. The van der Waals surface area contributed by atoms with Crippen LogP contribution in [-0.2, 0) is 25.6 Å². The first-order chi connectivity index (χ1) is 16.6. The van der Waals surface area contributed by atoms with Crippen molar-refractivity contribution in [3.05, 3.63) is 41.3 Å². The average molecular weight is 481 g/mol. The van der Waals surface area contributed by atoms with E-state index >= 15 is 0 Å². The fraction of sp³-hybridized carbons (Fsp3) is 0.348. The number of phenols is 1. The number of ketones is 4. The summed E-state index contributed by atoms with van der Waals surface area (Å²) in [4.78, 5) is 76.3. The summed E-state index contributed by atoms with van der Waals surface area (Å²) >= 11 is 0. The Labute approximate surface area is 196 Å². The van der Waals surface area contributed by atoms with Crippen LogP contribution >= 0.6 is 0 Å². The Morgan fingerprint density at radius 1 is 1.11 bits per heavy atom. The summed E-state index contributed by atoms with van der Waals surface area (Å²) in [5, 5.41) is 27.7. The summed E-state index contributed by atoms with van der Waals surface area (Å²) in [6.07, 6.45) is 0.832. The molecule has 5 atom stereocenters. The molecule has 5 rings (SSSR count). The van der Waals surface area contributed by atoms with Crippen molar-refractivity contribution in [3.63, 3.8) is 0 Å². The molecule has 12 nitrogen and oxygen atoms in total. The van der Waals surface area contributed by atoms with Gasteiger partial charge in [0.1, 0.15) is 5.75 Å². The number of hydrogen-bond donors (Lipinski definition) is 4. The minimum Gasteiger partial charge on any atom is -0.507 e. The lowest BCUT2D eigenvalue weighted by Gasteiger charge is -2.48. The summed E-state index contributed by atoms with van der Waals surface area (Å²) in [6.45, 7) is 0. The van der Waals surface area contributed by atoms with Gasteiger partial charge in [-0.25, -0.2) is 0 Å². The average Bonchev–Trinajstić information content (AvgIpc) is 3.33. The van der Waals surface area contributed by atoms with Gasteiger partial charge < -0.3 is 25.8 Å². The van der Waals surface area contributed by atoms with Gasteiger partial charge in [-0.15, -0.1) is 0 Å². The fourth-order valence-corrected chi connectivity index (χ4v) is 5.60. The Kier molecular flexibility index (Phi) is 4.95. The molecular weight excluding hydrogens is 462 g/mol. The van der Waals surface area contributed by atoms with E-state index in [1.807, 2.05) is 0 Å². The number of aromatic hydroxyl groups is 1. The molecule has 5 N–H and O–H groups in total. The van der Waals surface area contributed by atoms with E-state index in [0.717, 1.165) is 0 Å². The minimum atomic E-state index is -2.71. The number of aromatic nitrogens is 1. The smallest absolute Gasteiger partial charge is 0.294 e. The molecule has 0 radical (unpaired) electrons. The molecule has 2 fully saturated rings. The molecule has 0 bridgehead atoms. The molecule has 0 saturated heterocycles. The molecule has 2 amide bonds. The van der Waals surface area contributed by atoms with Crippen molar-refractivity contribution in [2.24, 2.45) is 29.4 Å². The first kappa shape index (κ1) is 22.6. The molecular formula is C23H19N3O9. The van der Waals surface area contributed by atoms with Crippen molar-refractivity contribution < 1.29 is 43.5 Å². The van der Waals surface area contributed by atoms with Crippen LogP contribution in [0, 0.1) is 23.7 Å². The Morgan fingerprint density at radius 2 is 1.86 bits per heavy atom. The van der Waals surface area contributed by atoms with Crippen LogP contribution in [0.2, 0.25) is 0 Å². The Balaban J connectivity index is 1.54. The van der Waals surface area contributed by atoms with Crippen molar-refractivity contribution in [1.82, 2.24) is 5.16 Å². The van der Waals surface area contributed by atoms with Crippen LogP contribution in [0.1, 0.15) is 39.3 Å². The topological polar surface area (TPSA) is 207 Å². The number of amides is 2. The number of aliphatic hydroxyl groups is 1. The molecule has 180 valence electrons. The maximum atomic E-state index is 13.4. The summed E-state index contributed by atoms with van der Waals surface area (Å²) in [7, 11) is 0. The van der Waals surface area contributed by atoms with Crippen LogP contribution in [0.15, 0.2) is 28.9 Å². The lowest BCUT2D eigenvalue weighted by molar-refractivity contribution is -0.175. The second-order valence-electron chi connectivity index (χ2n) is 9.06. The highest BCUT2D eigenvalue weighted by Gasteiger charge is 2.66. The van der Waals surface area contributed by atoms with Crippen molar-refractivity contribution in [2.75, 3.05) is 5.32 Å². The molecule has 35 heavy (non-hydrogen) atoms. The van der Waals surface area contributed by atoms with E-state index in [9.17, 15) is 39.0 Å². The van der Waals surface area contributed by atoms with Crippen LogP contribution in [0.25, 0.3) is 0 Å². The van der Waals surface area contributed by atoms with Crippen molar-refractivity contribution >= 4 is 40.6 Å². The number of nitrogens with zero attached hydrogens (tertiary/aromatic N) is 1.